The molecule has 1 saturated heterocycles. The Morgan fingerprint density at radius 1 is 1.20 bits per heavy atom. The number of rotatable bonds is 3. The summed E-state index contributed by atoms with van der Waals surface area (Å²) < 4.78 is 9.91. The number of terminal acetylenes is 1. The summed E-state index contributed by atoms with van der Waals surface area (Å²) in [6, 6.07) is 0. The standard InChI is InChI=1S/C9H14O6/c1-2-3-14-9-8(13)7(12)6(11)5(4-10)15-9/h1,5-13H,3-4H2/t5?,6-,7?,8-,9-/m0/s1. The summed E-state index contributed by atoms with van der Waals surface area (Å²) >= 11 is 0. The van der Waals surface area contributed by atoms with Crippen molar-refractivity contribution in [3.8, 4) is 12.3 Å². The first-order valence-corrected chi connectivity index (χ1v) is 4.47. The van der Waals surface area contributed by atoms with Gasteiger partial charge < -0.3 is 29.9 Å². The molecule has 0 saturated carbocycles. The Morgan fingerprint density at radius 2 is 1.87 bits per heavy atom. The molecular weight excluding hydrogens is 204 g/mol. The highest BCUT2D eigenvalue weighted by Gasteiger charge is 2.43. The summed E-state index contributed by atoms with van der Waals surface area (Å²) in [5.41, 5.74) is 0. The second-order valence-corrected chi connectivity index (χ2v) is 3.21. The lowest BCUT2D eigenvalue weighted by Gasteiger charge is -2.39. The maximum Gasteiger partial charge on any atom is 0.187 e. The van der Waals surface area contributed by atoms with Gasteiger partial charge in [-0.25, -0.2) is 0 Å². The van der Waals surface area contributed by atoms with Gasteiger partial charge in [0.1, 0.15) is 31.0 Å². The van der Waals surface area contributed by atoms with Crippen LogP contribution in [0.3, 0.4) is 0 Å². The maximum atomic E-state index is 9.44. The molecule has 0 aromatic carbocycles. The van der Waals surface area contributed by atoms with Crippen LogP contribution in [0.5, 0.6) is 0 Å². The highest BCUT2D eigenvalue weighted by Crippen LogP contribution is 2.21. The largest absolute Gasteiger partial charge is 0.394 e. The van der Waals surface area contributed by atoms with Crippen molar-refractivity contribution < 1.29 is 29.9 Å². The molecule has 1 fully saturated rings. The SMILES string of the molecule is C#CCO[C@H]1OC(CO)[C@H](O)C(O)[C@@H]1O. The zero-order valence-electron chi connectivity index (χ0n) is 7.98. The Hall–Kier alpha value is -0.680. The lowest BCUT2D eigenvalue weighted by atomic mass is 9.99. The minimum atomic E-state index is -1.43. The molecule has 1 heterocycles. The van der Waals surface area contributed by atoms with Gasteiger partial charge in [0.2, 0.25) is 0 Å². The molecule has 5 atom stereocenters. The molecule has 0 bridgehead atoms. The van der Waals surface area contributed by atoms with Crippen LogP contribution in [-0.4, -0.2) is 64.3 Å². The third-order valence-corrected chi connectivity index (χ3v) is 2.18. The van der Waals surface area contributed by atoms with E-state index in [4.69, 9.17) is 21.0 Å². The fourth-order valence-corrected chi connectivity index (χ4v) is 1.34. The smallest absolute Gasteiger partial charge is 0.187 e. The van der Waals surface area contributed by atoms with Crippen molar-refractivity contribution in [2.45, 2.75) is 30.7 Å². The Morgan fingerprint density at radius 3 is 2.40 bits per heavy atom. The van der Waals surface area contributed by atoms with E-state index in [1.807, 2.05) is 0 Å². The highest BCUT2D eigenvalue weighted by molar-refractivity contribution is 4.90. The molecular formula is C9H14O6. The molecule has 0 aromatic heterocycles. The van der Waals surface area contributed by atoms with Gasteiger partial charge >= 0.3 is 0 Å². The molecule has 1 aliphatic heterocycles. The van der Waals surface area contributed by atoms with Crippen LogP contribution < -0.4 is 0 Å². The van der Waals surface area contributed by atoms with Gasteiger partial charge in [0.25, 0.3) is 0 Å². The van der Waals surface area contributed by atoms with E-state index in [1.165, 1.54) is 0 Å². The molecule has 15 heavy (non-hydrogen) atoms. The first kappa shape index (κ1) is 12.4. The number of hydrogen-bond acceptors (Lipinski definition) is 6. The molecule has 6 heteroatoms. The normalized spacial score (nSPS) is 41.1. The summed E-state index contributed by atoms with van der Waals surface area (Å²) in [4.78, 5) is 0. The quantitative estimate of drug-likeness (QED) is 0.389. The highest BCUT2D eigenvalue weighted by atomic mass is 16.7. The Bertz CT molecular complexity index is 235. The summed E-state index contributed by atoms with van der Waals surface area (Å²) in [7, 11) is 0. The monoisotopic (exact) mass is 218 g/mol. The number of aliphatic hydroxyl groups is 4. The van der Waals surface area contributed by atoms with Crippen molar-refractivity contribution in [2.24, 2.45) is 0 Å². The molecule has 0 spiro atoms. The van der Waals surface area contributed by atoms with Crippen LogP contribution in [0.2, 0.25) is 0 Å². The van der Waals surface area contributed by atoms with E-state index in [2.05, 4.69) is 5.92 Å². The lowest BCUT2D eigenvalue weighted by molar-refractivity contribution is -0.298. The molecule has 4 N–H and O–H groups in total. The molecule has 0 radical (unpaired) electrons. The Kier molecular flexibility index (Phi) is 4.47. The number of hydrogen-bond donors (Lipinski definition) is 4. The first-order chi connectivity index (χ1) is 7.11. The molecule has 0 aromatic rings. The summed E-state index contributed by atoms with van der Waals surface area (Å²) in [6.07, 6.45) is -1.36. The van der Waals surface area contributed by atoms with Crippen LogP contribution in [0, 0.1) is 12.3 Å². The van der Waals surface area contributed by atoms with Gasteiger partial charge in [-0.3, -0.25) is 0 Å². The van der Waals surface area contributed by atoms with Crippen LogP contribution in [0.1, 0.15) is 0 Å². The van der Waals surface area contributed by atoms with E-state index in [-0.39, 0.29) is 6.61 Å². The second-order valence-electron chi connectivity index (χ2n) is 3.21. The third kappa shape index (κ3) is 2.66. The van der Waals surface area contributed by atoms with Gasteiger partial charge in [0.15, 0.2) is 6.29 Å². The predicted molar refractivity (Wildman–Crippen MR) is 48.6 cm³/mol. The van der Waals surface area contributed by atoms with Gasteiger partial charge in [0.05, 0.1) is 6.61 Å². The Balaban J connectivity index is 2.62. The van der Waals surface area contributed by atoms with E-state index in [0.717, 1.165) is 0 Å². The first-order valence-electron chi connectivity index (χ1n) is 4.47. The second kappa shape index (κ2) is 5.42. The summed E-state index contributed by atoms with van der Waals surface area (Å²) in [6.45, 7) is -0.580. The van der Waals surface area contributed by atoms with Crippen LogP contribution in [-0.2, 0) is 9.47 Å². The van der Waals surface area contributed by atoms with Crippen LogP contribution in [0.15, 0.2) is 0 Å². The van der Waals surface area contributed by atoms with Crippen molar-refractivity contribution in [1.82, 2.24) is 0 Å². The Labute approximate surface area is 87.1 Å². The molecule has 1 aliphatic rings. The molecule has 86 valence electrons. The van der Waals surface area contributed by atoms with Crippen molar-refractivity contribution in [3.63, 3.8) is 0 Å². The molecule has 0 aliphatic carbocycles. The van der Waals surface area contributed by atoms with Crippen molar-refractivity contribution in [2.75, 3.05) is 13.2 Å². The van der Waals surface area contributed by atoms with Crippen LogP contribution in [0.25, 0.3) is 0 Å². The third-order valence-electron chi connectivity index (χ3n) is 2.18. The van der Waals surface area contributed by atoms with Gasteiger partial charge in [-0.2, -0.15) is 0 Å². The van der Waals surface area contributed by atoms with E-state index in [9.17, 15) is 15.3 Å². The summed E-state index contributed by atoms with van der Waals surface area (Å²) in [5, 5.41) is 37.0. The van der Waals surface area contributed by atoms with Gasteiger partial charge in [-0.1, -0.05) is 5.92 Å². The van der Waals surface area contributed by atoms with Crippen LogP contribution >= 0.6 is 0 Å². The average Bonchev–Trinajstić information content (AvgIpc) is 2.25. The number of aliphatic hydroxyl groups excluding tert-OH is 4. The molecule has 6 nitrogen and oxygen atoms in total. The van der Waals surface area contributed by atoms with E-state index < -0.39 is 37.3 Å². The van der Waals surface area contributed by atoms with E-state index >= 15 is 0 Å². The molecule has 0 amide bonds. The van der Waals surface area contributed by atoms with Crippen molar-refractivity contribution in [3.05, 3.63) is 0 Å². The predicted octanol–water partition coefficient (Wildman–Crippen LogP) is -2.56. The van der Waals surface area contributed by atoms with Crippen LogP contribution in [0.4, 0.5) is 0 Å². The van der Waals surface area contributed by atoms with E-state index in [1.54, 1.807) is 0 Å². The van der Waals surface area contributed by atoms with E-state index in [0.29, 0.717) is 0 Å². The van der Waals surface area contributed by atoms with Gasteiger partial charge in [-0.15, -0.1) is 6.42 Å². The van der Waals surface area contributed by atoms with Crippen molar-refractivity contribution in [1.29, 1.82) is 0 Å². The zero-order valence-corrected chi connectivity index (χ0v) is 7.98. The van der Waals surface area contributed by atoms with Gasteiger partial charge in [0, 0.05) is 0 Å². The average molecular weight is 218 g/mol. The minimum absolute atomic E-state index is 0.0946. The molecule has 2 unspecified atom stereocenters. The number of ether oxygens (including phenoxy) is 2. The maximum absolute atomic E-state index is 9.44. The zero-order chi connectivity index (χ0) is 11.4. The fourth-order valence-electron chi connectivity index (χ4n) is 1.34. The topological polar surface area (TPSA) is 99.4 Å². The summed E-state index contributed by atoms with van der Waals surface area (Å²) in [5.74, 6) is 2.17. The molecule has 1 rings (SSSR count). The fraction of sp³-hybridized carbons (Fsp3) is 0.778. The minimum Gasteiger partial charge on any atom is -0.394 e. The van der Waals surface area contributed by atoms with Crippen molar-refractivity contribution >= 4 is 0 Å². The lowest BCUT2D eigenvalue weighted by Crippen LogP contribution is -2.59. The van der Waals surface area contributed by atoms with Gasteiger partial charge in [-0.05, 0) is 0 Å².